The zero-order valence-corrected chi connectivity index (χ0v) is 19.9. The summed E-state index contributed by atoms with van der Waals surface area (Å²) in [6, 6.07) is 17.8. The van der Waals surface area contributed by atoms with Crippen LogP contribution in [0.1, 0.15) is 38.7 Å². The van der Waals surface area contributed by atoms with Gasteiger partial charge in [-0.05, 0) is 61.4 Å². The zero-order valence-electron chi connectivity index (χ0n) is 19.9. The van der Waals surface area contributed by atoms with Crippen LogP contribution in [0.5, 0.6) is 5.75 Å². The number of amides is 1. The molecule has 7 nitrogen and oxygen atoms in total. The predicted molar refractivity (Wildman–Crippen MR) is 131 cm³/mol. The van der Waals surface area contributed by atoms with E-state index in [9.17, 15) is 19.5 Å². The number of anilines is 1. The number of Topliss-reactive ketones (excluding diaryl/α,β-unsaturated/α-hetero) is 1. The van der Waals surface area contributed by atoms with Gasteiger partial charge in [0.2, 0.25) is 0 Å². The van der Waals surface area contributed by atoms with E-state index in [1.165, 1.54) is 25.2 Å². The molecule has 1 heterocycles. The Bertz CT molecular complexity index is 1370. The molecule has 0 aromatic heterocycles. The van der Waals surface area contributed by atoms with Crippen LogP contribution in [0.25, 0.3) is 5.76 Å². The Morgan fingerprint density at radius 3 is 2.40 bits per heavy atom. The lowest BCUT2D eigenvalue weighted by Crippen LogP contribution is -2.29. The first-order valence-corrected chi connectivity index (χ1v) is 11.0. The number of benzene rings is 3. The maximum atomic E-state index is 13.4. The number of rotatable bonds is 5. The molecule has 0 saturated carbocycles. The number of esters is 1. The lowest BCUT2D eigenvalue weighted by Gasteiger charge is -2.26. The third kappa shape index (κ3) is 4.28. The average molecular weight is 472 g/mol. The highest BCUT2D eigenvalue weighted by Gasteiger charge is 2.47. The topological polar surface area (TPSA) is 93.1 Å². The third-order valence-electron chi connectivity index (χ3n) is 6.05. The predicted octanol–water partition coefficient (Wildman–Crippen LogP) is 4.72. The van der Waals surface area contributed by atoms with Gasteiger partial charge in [0.15, 0.2) is 0 Å². The maximum Gasteiger partial charge on any atom is 0.337 e. The van der Waals surface area contributed by atoms with Crippen LogP contribution in [-0.4, -0.2) is 37.0 Å². The Labute approximate surface area is 203 Å². The van der Waals surface area contributed by atoms with E-state index >= 15 is 0 Å². The van der Waals surface area contributed by atoms with E-state index in [-0.39, 0.29) is 16.9 Å². The molecule has 7 heteroatoms. The lowest BCUT2D eigenvalue weighted by atomic mass is 9.93. The number of hydrogen-bond donors (Lipinski definition) is 1. The fraction of sp³-hybridized carbons (Fsp3) is 0.179. The van der Waals surface area contributed by atoms with Crippen molar-refractivity contribution >= 4 is 29.1 Å². The number of carbonyl (C=O) groups excluding carboxylic acids is 3. The molecule has 1 saturated heterocycles. The summed E-state index contributed by atoms with van der Waals surface area (Å²) in [4.78, 5) is 40.2. The SMILES string of the molecule is COC(=O)c1cccc(N2C(=O)C(=O)/C(=C(/O)c3cc(C)ccc3C)C2c2cccc(OC)c2)c1. The highest BCUT2D eigenvalue weighted by Crippen LogP contribution is 2.43. The van der Waals surface area contributed by atoms with E-state index in [1.807, 2.05) is 26.0 Å². The molecule has 0 radical (unpaired) electrons. The van der Waals surface area contributed by atoms with Gasteiger partial charge in [-0.2, -0.15) is 0 Å². The summed E-state index contributed by atoms with van der Waals surface area (Å²) in [6.45, 7) is 3.71. The lowest BCUT2D eigenvalue weighted by molar-refractivity contribution is -0.132. The number of methoxy groups -OCH3 is 2. The summed E-state index contributed by atoms with van der Waals surface area (Å²) in [6.07, 6.45) is 0. The van der Waals surface area contributed by atoms with Crippen LogP contribution in [-0.2, 0) is 14.3 Å². The first-order valence-electron chi connectivity index (χ1n) is 11.0. The number of aryl methyl sites for hydroxylation is 2. The molecule has 3 aromatic rings. The number of nitrogens with zero attached hydrogens (tertiary/aromatic N) is 1. The van der Waals surface area contributed by atoms with Crippen molar-refractivity contribution in [3.63, 3.8) is 0 Å². The molecule has 1 unspecified atom stereocenters. The van der Waals surface area contributed by atoms with Crippen LogP contribution in [0.4, 0.5) is 5.69 Å². The summed E-state index contributed by atoms with van der Waals surface area (Å²) in [7, 11) is 2.79. The largest absolute Gasteiger partial charge is 0.507 e. The molecule has 1 amide bonds. The monoisotopic (exact) mass is 471 g/mol. The summed E-state index contributed by atoms with van der Waals surface area (Å²) in [5.41, 5.74) is 3.21. The number of aliphatic hydroxyl groups is 1. The van der Waals surface area contributed by atoms with E-state index in [1.54, 1.807) is 48.5 Å². The molecule has 0 aliphatic carbocycles. The first kappa shape index (κ1) is 23.8. The van der Waals surface area contributed by atoms with E-state index in [0.717, 1.165) is 11.1 Å². The number of aliphatic hydroxyl groups excluding tert-OH is 1. The smallest absolute Gasteiger partial charge is 0.337 e. The van der Waals surface area contributed by atoms with Crippen LogP contribution in [0.2, 0.25) is 0 Å². The molecule has 1 N–H and O–H groups in total. The van der Waals surface area contributed by atoms with Crippen molar-refractivity contribution in [2.24, 2.45) is 0 Å². The molecule has 178 valence electrons. The van der Waals surface area contributed by atoms with Crippen molar-refractivity contribution in [3.8, 4) is 5.75 Å². The summed E-state index contributed by atoms with van der Waals surface area (Å²) >= 11 is 0. The summed E-state index contributed by atoms with van der Waals surface area (Å²) in [5, 5.41) is 11.4. The number of hydrogen-bond acceptors (Lipinski definition) is 6. The maximum absolute atomic E-state index is 13.4. The zero-order chi connectivity index (χ0) is 25.3. The molecule has 1 aliphatic heterocycles. The van der Waals surface area contributed by atoms with E-state index in [0.29, 0.717) is 22.6 Å². The fourth-order valence-corrected chi connectivity index (χ4v) is 4.26. The van der Waals surface area contributed by atoms with Crippen LogP contribution < -0.4 is 9.64 Å². The third-order valence-corrected chi connectivity index (χ3v) is 6.05. The van der Waals surface area contributed by atoms with Gasteiger partial charge in [-0.25, -0.2) is 4.79 Å². The quantitative estimate of drug-likeness (QED) is 0.250. The van der Waals surface area contributed by atoms with Gasteiger partial charge in [-0.1, -0.05) is 35.9 Å². The van der Waals surface area contributed by atoms with Gasteiger partial charge in [0.05, 0.1) is 31.4 Å². The fourth-order valence-electron chi connectivity index (χ4n) is 4.26. The Kier molecular flexibility index (Phi) is 6.42. The number of ether oxygens (including phenoxy) is 2. The van der Waals surface area contributed by atoms with E-state index < -0.39 is 23.7 Å². The molecule has 3 aromatic carbocycles. The van der Waals surface area contributed by atoms with Crippen LogP contribution in [0.3, 0.4) is 0 Å². The molecule has 1 atom stereocenters. The summed E-state index contributed by atoms with van der Waals surface area (Å²) in [5.74, 6) is -1.93. The highest BCUT2D eigenvalue weighted by molar-refractivity contribution is 6.51. The molecule has 1 fully saturated rings. The van der Waals surface area contributed by atoms with Crippen molar-refractivity contribution < 1.29 is 29.0 Å². The Balaban J connectivity index is 1.98. The van der Waals surface area contributed by atoms with Crippen molar-refractivity contribution in [2.45, 2.75) is 19.9 Å². The minimum absolute atomic E-state index is 0.0413. The number of carbonyl (C=O) groups is 3. The molecule has 4 rings (SSSR count). The highest BCUT2D eigenvalue weighted by atomic mass is 16.5. The Hall–Kier alpha value is -4.39. The van der Waals surface area contributed by atoms with Crippen molar-refractivity contribution in [1.82, 2.24) is 0 Å². The Morgan fingerprint density at radius 2 is 1.69 bits per heavy atom. The van der Waals surface area contributed by atoms with Crippen LogP contribution >= 0.6 is 0 Å². The molecular formula is C28H25NO6. The van der Waals surface area contributed by atoms with Crippen molar-refractivity contribution in [3.05, 3.63) is 100 Å². The summed E-state index contributed by atoms with van der Waals surface area (Å²) < 4.78 is 10.2. The van der Waals surface area contributed by atoms with Gasteiger partial charge >= 0.3 is 5.97 Å². The van der Waals surface area contributed by atoms with Gasteiger partial charge in [0, 0.05) is 11.3 Å². The van der Waals surface area contributed by atoms with Crippen LogP contribution in [0, 0.1) is 13.8 Å². The molecular weight excluding hydrogens is 446 g/mol. The Morgan fingerprint density at radius 1 is 0.943 bits per heavy atom. The second kappa shape index (κ2) is 9.46. The minimum Gasteiger partial charge on any atom is -0.507 e. The van der Waals surface area contributed by atoms with Gasteiger partial charge < -0.3 is 14.6 Å². The number of ketones is 1. The molecule has 0 bridgehead atoms. The molecule has 0 spiro atoms. The minimum atomic E-state index is -0.946. The van der Waals surface area contributed by atoms with Crippen molar-refractivity contribution in [2.75, 3.05) is 19.1 Å². The second-order valence-electron chi connectivity index (χ2n) is 8.31. The van der Waals surface area contributed by atoms with Crippen molar-refractivity contribution in [1.29, 1.82) is 0 Å². The van der Waals surface area contributed by atoms with Gasteiger partial charge in [0.25, 0.3) is 11.7 Å². The van der Waals surface area contributed by atoms with Gasteiger partial charge in [-0.15, -0.1) is 0 Å². The first-order chi connectivity index (χ1) is 16.8. The second-order valence-corrected chi connectivity index (χ2v) is 8.31. The normalized spacial score (nSPS) is 16.9. The van der Waals surface area contributed by atoms with E-state index in [2.05, 4.69) is 0 Å². The van der Waals surface area contributed by atoms with Gasteiger partial charge in [0.1, 0.15) is 11.5 Å². The molecule has 1 aliphatic rings. The standard InChI is InChI=1S/C28H25NO6/c1-16-11-12-17(2)22(13-16)25(30)23-24(18-7-6-10-21(15-18)34-3)29(27(32)26(23)31)20-9-5-8-19(14-20)28(33)35-4/h5-15,24,30H,1-4H3/b25-23+. The average Bonchev–Trinajstić information content (AvgIpc) is 3.14. The van der Waals surface area contributed by atoms with Crippen LogP contribution in [0.15, 0.2) is 72.3 Å². The van der Waals surface area contributed by atoms with Gasteiger partial charge in [-0.3, -0.25) is 14.5 Å². The molecule has 35 heavy (non-hydrogen) atoms. The van der Waals surface area contributed by atoms with E-state index in [4.69, 9.17) is 9.47 Å².